The van der Waals surface area contributed by atoms with Crippen molar-refractivity contribution in [2.24, 2.45) is 5.92 Å². The monoisotopic (exact) mass is 514 g/mol. The average molecular weight is 516 g/mol. The van der Waals surface area contributed by atoms with Gasteiger partial charge in [0.1, 0.15) is 6.04 Å². The summed E-state index contributed by atoms with van der Waals surface area (Å²) in [7, 11) is 0. The molecule has 0 aromatic heterocycles. The number of carbonyl (C=O) groups is 2. The van der Waals surface area contributed by atoms with Gasteiger partial charge < -0.3 is 10.2 Å². The van der Waals surface area contributed by atoms with Gasteiger partial charge in [-0.05, 0) is 41.7 Å². The number of carbonyl (C=O) groups excluding carboxylic acids is 2. The lowest BCUT2D eigenvalue weighted by atomic mass is 10.1. The molecule has 1 atom stereocenters. The van der Waals surface area contributed by atoms with E-state index in [1.807, 2.05) is 45.0 Å². The minimum Gasteiger partial charge on any atom is -0.354 e. The van der Waals surface area contributed by atoms with Crippen molar-refractivity contribution in [1.29, 1.82) is 0 Å². The maximum atomic E-state index is 13.3. The number of thioether (sulfide) groups is 1. The molecule has 0 bridgehead atoms. The lowest BCUT2D eigenvalue weighted by Crippen LogP contribution is -2.50. The Hall–Kier alpha value is -1.40. The Balaban J connectivity index is 2.15. The first-order valence-corrected chi connectivity index (χ1v) is 12.8. The Morgan fingerprint density at radius 1 is 1.03 bits per heavy atom. The maximum Gasteiger partial charge on any atom is 0.242 e. The number of nitrogens with one attached hydrogen (secondary N) is 1. The highest BCUT2D eigenvalue weighted by Crippen LogP contribution is 2.26. The van der Waals surface area contributed by atoms with E-state index in [9.17, 15) is 9.59 Å². The SMILES string of the molecule is CC[C@H](C(=O)NCC(C)C)N(Cc1ccccc1Cl)C(=O)CSCc1ccc(Cl)cc1Cl. The molecule has 0 aliphatic carbocycles. The van der Waals surface area contributed by atoms with Gasteiger partial charge in [0.2, 0.25) is 11.8 Å². The minimum atomic E-state index is -0.572. The molecular formula is C24H29Cl3N2O2S. The second-order valence-corrected chi connectivity index (χ2v) is 10.1. The Morgan fingerprint density at radius 2 is 1.75 bits per heavy atom. The van der Waals surface area contributed by atoms with Crippen molar-refractivity contribution in [3.63, 3.8) is 0 Å². The van der Waals surface area contributed by atoms with E-state index in [1.165, 1.54) is 11.8 Å². The fraction of sp³-hybridized carbons (Fsp3) is 0.417. The van der Waals surface area contributed by atoms with Gasteiger partial charge in [-0.15, -0.1) is 11.8 Å². The van der Waals surface area contributed by atoms with E-state index in [4.69, 9.17) is 34.8 Å². The van der Waals surface area contributed by atoms with Crippen LogP contribution in [-0.4, -0.2) is 35.1 Å². The molecule has 0 saturated carbocycles. The van der Waals surface area contributed by atoms with Crippen LogP contribution < -0.4 is 5.32 Å². The van der Waals surface area contributed by atoms with Gasteiger partial charge in [-0.3, -0.25) is 9.59 Å². The predicted octanol–water partition coefficient (Wildman–Crippen LogP) is 6.46. The van der Waals surface area contributed by atoms with Crippen LogP contribution in [0.5, 0.6) is 0 Å². The highest BCUT2D eigenvalue weighted by Gasteiger charge is 2.29. The lowest BCUT2D eigenvalue weighted by molar-refractivity contribution is -0.139. The van der Waals surface area contributed by atoms with Crippen molar-refractivity contribution in [2.45, 2.75) is 45.5 Å². The summed E-state index contributed by atoms with van der Waals surface area (Å²) in [6.07, 6.45) is 0.508. The summed E-state index contributed by atoms with van der Waals surface area (Å²) in [6.45, 7) is 6.81. The van der Waals surface area contributed by atoms with Gasteiger partial charge in [0, 0.05) is 33.9 Å². The molecule has 0 saturated heterocycles. The van der Waals surface area contributed by atoms with E-state index >= 15 is 0 Å². The largest absolute Gasteiger partial charge is 0.354 e. The summed E-state index contributed by atoms with van der Waals surface area (Å²) in [5, 5.41) is 4.68. The highest BCUT2D eigenvalue weighted by atomic mass is 35.5. The van der Waals surface area contributed by atoms with E-state index in [2.05, 4.69) is 5.32 Å². The summed E-state index contributed by atoms with van der Waals surface area (Å²) in [6, 6.07) is 12.1. The standard InChI is InChI=1S/C24H29Cl3N2O2S/c1-4-22(24(31)28-12-16(2)3)29(13-17-7-5-6-8-20(17)26)23(30)15-32-14-18-9-10-19(25)11-21(18)27/h5-11,16,22H,4,12-15H2,1-3H3,(H,28,31)/t22-/m1/s1. The second-order valence-electron chi connectivity index (χ2n) is 7.90. The summed E-state index contributed by atoms with van der Waals surface area (Å²) in [4.78, 5) is 27.8. The van der Waals surface area contributed by atoms with Crippen molar-refractivity contribution in [3.05, 3.63) is 68.7 Å². The Morgan fingerprint density at radius 3 is 2.38 bits per heavy atom. The van der Waals surface area contributed by atoms with Crippen molar-refractivity contribution in [3.8, 4) is 0 Å². The summed E-state index contributed by atoms with van der Waals surface area (Å²) in [5.74, 6) is 0.845. The summed E-state index contributed by atoms with van der Waals surface area (Å²) >= 11 is 20.0. The normalized spacial score (nSPS) is 12.0. The molecule has 32 heavy (non-hydrogen) atoms. The topological polar surface area (TPSA) is 49.4 Å². The molecular weight excluding hydrogens is 487 g/mol. The molecule has 0 aliphatic rings. The zero-order valence-corrected chi connectivity index (χ0v) is 21.6. The Bertz CT molecular complexity index is 924. The molecule has 0 heterocycles. The summed E-state index contributed by atoms with van der Waals surface area (Å²) < 4.78 is 0. The zero-order chi connectivity index (χ0) is 23.7. The molecule has 2 aromatic rings. The van der Waals surface area contributed by atoms with Crippen molar-refractivity contribution < 1.29 is 9.59 Å². The smallest absolute Gasteiger partial charge is 0.242 e. The van der Waals surface area contributed by atoms with Gasteiger partial charge in [0.25, 0.3) is 0 Å². The first-order chi connectivity index (χ1) is 15.2. The number of amides is 2. The van der Waals surface area contributed by atoms with Crippen LogP contribution in [0.15, 0.2) is 42.5 Å². The van der Waals surface area contributed by atoms with Gasteiger partial charge in [-0.25, -0.2) is 0 Å². The molecule has 0 aliphatic heterocycles. The van der Waals surface area contributed by atoms with Gasteiger partial charge in [-0.2, -0.15) is 0 Å². The minimum absolute atomic E-state index is 0.119. The number of hydrogen-bond acceptors (Lipinski definition) is 3. The van der Waals surface area contributed by atoms with Crippen molar-refractivity contribution in [2.75, 3.05) is 12.3 Å². The van der Waals surface area contributed by atoms with Crippen LogP contribution in [0.25, 0.3) is 0 Å². The number of benzene rings is 2. The van der Waals surface area contributed by atoms with Crippen LogP contribution in [0.1, 0.15) is 38.3 Å². The van der Waals surface area contributed by atoms with Crippen molar-refractivity contribution in [1.82, 2.24) is 10.2 Å². The van der Waals surface area contributed by atoms with Crippen LogP contribution in [-0.2, 0) is 21.9 Å². The lowest BCUT2D eigenvalue weighted by Gasteiger charge is -2.31. The van der Waals surface area contributed by atoms with Gasteiger partial charge in [0.15, 0.2) is 0 Å². The zero-order valence-electron chi connectivity index (χ0n) is 18.5. The third-order valence-corrected chi connectivity index (χ3v) is 6.79. The van der Waals surface area contributed by atoms with E-state index < -0.39 is 6.04 Å². The maximum absolute atomic E-state index is 13.3. The number of hydrogen-bond donors (Lipinski definition) is 1. The van der Waals surface area contributed by atoms with E-state index in [1.54, 1.807) is 23.1 Å². The fourth-order valence-electron chi connectivity index (χ4n) is 3.12. The quantitative estimate of drug-likeness (QED) is 0.373. The third kappa shape index (κ3) is 8.18. The van der Waals surface area contributed by atoms with Crippen LogP contribution in [0.2, 0.25) is 15.1 Å². The average Bonchev–Trinajstić information content (AvgIpc) is 2.74. The molecule has 2 rings (SSSR count). The third-order valence-electron chi connectivity index (χ3n) is 4.87. The summed E-state index contributed by atoms with van der Waals surface area (Å²) in [5.41, 5.74) is 1.72. The second kappa shape index (κ2) is 13.3. The van der Waals surface area contributed by atoms with Gasteiger partial charge >= 0.3 is 0 Å². The Labute approximate surface area is 210 Å². The van der Waals surface area contributed by atoms with Crippen LogP contribution in [0.4, 0.5) is 0 Å². The predicted molar refractivity (Wildman–Crippen MR) is 137 cm³/mol. The molecule has 0 fully saturated rings. The van der Waals surface area contributed by atoms with Crippen LogP contribution in [0.3, 0.4) is 0 Å². The van der Waals surface area contributed by atoms with Crippen molar-refractivity contribution >= 4 is 58.4 Å². The molecule has 4 nitrogen and oxygen atoms in total. The molecule has 2 aromatic carbocycles. The van der Waals surface area contributed by atoms with E-state index in [-0.39, 0.29) is 24.1 Å². The Kier molecular flexibility index (Phi) is 11.2. The number of rotatable bonds is 11. The molecule has 0 unspecified atom stereocenters. The fourth-order valence-corrected chi connectivity index (χ4v) is 4.79. The molecule has 2 amide bonds. The van der Waals surface area contributed by atoms with Gasteiger partial charge in [0.05, 0.1) is 5.75 Å². The van der Waals surface area contributed by atoms with Crippen LogP contribution >= 0.6 is 46.6 Å². The number of nitrogens with zero attached hydrogens (tertiary/aromatic N) is 1. The highest BCUT2D eigenvalue weighted by molar-refractivity contribution is 7.99. The molecule has 0 radical (unpaired) electrons. The molecule has 174 valence electrons. The first-order valence-electron chi connectivity index (χ1n) is 10.5. The van der Waals surface area contributed by atoms with E-state index in [0.717, 1.165) is 11.1 Å². The molecule has 1 N–H and O–H groups in total. The van der Waals surface area contributed by atoms with Gasteiger partial charge in [-0.1, -0.05) is 79.8 Å². The number of halogens is 3. The van der Waals surface area contributed by atoms with E-state index in [0.29, 0.717) is 39.7 Å². The van der Waals surface area contributed by atoms with Crippen LogP contribution in [0, 0.1) is 5.92 Å². The molecule has 0 spiro atoms. The first kappa shape index (κ1) is 26.8. The molecule has 8 heteroatoms.